The maximum absolute atomic E-state index is 14.6. The highest BCUT2D eigenvalue weighted by Gasteiger charge is 2.77. The number of anilines is 2. The first kappa shape index (κ1) is 31.4. The van der Waals surface area contributed by atoms with Crippen LogP contribution in [0.4, 0.5) is 11.4 Å². The van der Waals surface area contributed by atoms with Gasteiger partial charge in [-0.25, -0.2) is 0 Å². The summed E-state index contributed by atoms with van der Waals surface area (Å²) in [5, 5.41) is 18.7. The first-order chi connectivity index (χ1) is 22.8. The van der Waals surface area contributed by atoms with Crippen LogP contribution >= 0.6 is 15.9 Å². The Morgan fingerprint density at radius 1 is 0.957 bits per heavy atom. The molecule has 3 N–H and O–H groups in total. The third-order valence-corrected chi connectivity index (χ3v) is 10.5. The molecule has 2 bridgehead atoms. The van der Waals surface area contributed by atoms with E-state index in [0.29, 0.717) is 36.6 Å². The minimum absolute atomic E-state index is 0.264. The lowest BCUT2D eigenvalue weighted by Gasteiger charge is -2.37. The topological polar surface area (TPSA) is 117 Å². The fourth-order valence-electron chi connectivity index (χ4n) is 7.70. The predicted molar refractivity (Wildman–Crippen MR) is 182 cm³/mol. The number of carbonyl (C=O) groups is 3. The number of amides is 3. The molecule has 3 fully saturated rings. The highest BCUT2D eigenvalue weighted by Crippen LogP contribution is 2.60. The van der Waals surface area contributed by atoms with Gasteiger partial charge in [-0.1, -0.05) is 76.6 Å². The van der Waals surface area contributed by atoms with Gasteiger partial charge in [-0.15, -0.1) is 0 Å². The van der Waals surface area contributed by atoms with Gasteiger partial charge < -0.3 is 30.1 Å². The van der Waals surface area contributed by atoms with E-state index in [4.69, 9.17) is 9.47 Å². The number of benzene rings is 4. The van der Waals surface area contributed by atoms with Crippen molar-refractivity contribution in [3.8, 4) is 5.75 Å². The van der Waals surface area contributed by atoms with Crippen LogP contribution in [-0.2, 0) is 25.5 Å². The number of nitrogens with one attached hydrogen (secondary N) is 2. The molecule has 3 aliphatic heterocycles. The van der Waals surface area contributed by atoms with Gasteiger partial charge in [0, 0.05) is 16.2 Å². The van der Waals surface area contributed by atoms with Crippen LogP contribution in [0.2, 0.25) is 0 Å². The molecule has 0 aromatic heterocycles. The van der Waals surface area contributed by atoms with Gasteiger partial charge in [0.2, 0.25) is 17.7 Å². The van der Waals surface area contributed by atoms with Crippen LogP contribution in [0.3, 0.4) is 0 Å². The second-order valence-corrected chi connectivity index (χ2v) is 13.6. The second kappa shape index (κ2) is 12.7. The zero-order valence-corrected chi connectivity index (χ0v) is 27.4. The lowest BCUT2D eigenvalue weighted by molar-refractivity contribution is -0.143. The molecular weight excluding hydrogens is 662 g/mol. The standard InChI is InChI=1S/C37H36BrN3O6/c1-2-46-28-16-14-25(15-17-28)39-34(43)30-31-36(45)41(27(21-42)18-22-8-4-3-5-9-22)33(37(31)20-29(38)32(30)47-37)35(44)40-26-13-12-23-10-6-7-11-24(23)19-26/h3-17,19,27,29-33,42H,2,18,20-21H2,1H3,(H,39,43)(H,40,44)/t27-,29?,30+,31+,32+,33?,37?/m1/s1. The fraction of sp³-hybridized carbons (Fsp3) is 0.324. The molecule has 47 heavy (non-hydrogen) atoms. The van der Waals surface area contributed by atoms with Gasteiger partial charge in [0.25, 0.3) is 0 Å². The number of rotatable bonds is 10. The van der Waals surface area contributed by atoms with Crippen LogP contribution in [0.25, 0.3) is 10.8 Å². The van der Waals surface area contributed by atoms with E-state index >= 15 is 0 Å². The number of nitrogens with zero attached hydrogens (tertiary/aromatic N) is 1. The van der Waals surface area contributed by atoms with Crippen molar-refractivity contribution in [3.63, 3.8) is 0 Å². The number of likely N-dealkylation sites (tertiary alicyclic amines) is 1. The molecule has 10 heteroatoms. The summed E-state index contributed by atoms with van der Waals surface area (Å²) < 4.78 is 12.2. The molecule has 3 heterocycles. The highest BCUT2D eigenvalue weighted by molar-refractivity contribution is 9.09. The molecule has 0 saturated carbocycles. The quantitative estimate of drug-likeness (QED) is 0.197. The summed E-state index contributed by atoms with van der Waals surface area (Å²) in [5.74, 6) is -2.24. The smallest absolute Gasteiger partial charge is 0.250 e. The van der Waals surface area contributed by atoms with E-state index in [-0.39, 0.29) is 23.2 Å². The van der Waals surface area contributed by atoms with Gasteiger partial charge in [-0.05, 0) is 72.5 Å². The summed E-state index contributed by atoms with van der Waals surface area (Å²) in [5.41, 5.74) is 0.779. The number of fused-ring (bicyclic) bond motifs is 2. The van der Waals surface area contributed by atoms with E-state index in [1.165, 1.54) is 4.90 Å². The second-order valence-electron chi connectivity index (χ2n) is 12.4. The van der Waals surface area contributed by atoms with Crippen molar-refractivity contribution in [2.45, 2.75) is 48.4 Å². The zero-order chi connectivity index (χ0) is 32.7. The summed E-state index contributed by atoms with van der Waals surface area (Å²) in [4.78, 5) is 44.3. The third-order valence-electron chi connectivity index (χ3n) is 9.65. The van der Waals surface area contributed by atoms with Gasteiger partial charge in [0.1, 0.15) is 17.4 Å². The molecule has 242 valence electrons. The number of halogens is 1. The van der Waals surface area contributed by atoms with E-state index in [9.17, 15) is 19.5 Å². The zero-order valence-electron chi connectivity index (χ0n) is 25.8. The van der Waals surface area contributed by atoms with E-state index in [1.54, 1.807) is 24.3 Å². The van der Waals surface area contributed by atoms with Crippen LogP contribution in [0.1, 0.15) is 18.9 Å². The van der Waals surface area contributed by atoms with Crippen LogP contribution < -0.4 is 15.4 Å². The van der Waals surface area contributed by atoms with Crippen molar-refractivity contribution >= 4 is 55.8 Å². The van der Waals surface area contributed by atoms with E-state index < -0.39 is 41.5 Å². The molecule has 0 radical (unpaired) electrons. The number of carbonyl (C=O) groups excluding carboxylic acids is 3. The molecule has 0 aliphatic carbocycles. The van der Waals surface area contributed by atoms with Crippen LogP contribution in [0.5, 0.6) is 5.75 Å². The van der Waals surface area contributed by atoms with E-state index in [1.807, 2.05) is 79.7 Å². The Bertz CT molecular complexity index is 1800. The van der Waals surface area contributed by atoms with Gasteiger partial charge >= 0.3 is 0 Å². The van der Waals surface area contributed by atoms with Crippen molar-refractivity contribution in [2.75, 3.05) is 23.8 Å². The van der Waals surface area contributed by atoms with Crippen molar-refractivity contribution in [1.29, 1.82) is 0 Å². The minimum atomic E-state index is -1.28. The maximum atomic E-state index is 14.6. The number of aliphatic hydroxyl groups is 1. The maximum Gasteiger partial charge on any atom is 0.250 e. The van der Waals surface area contributed by atoms with Crippen molar-refractivity contribution in [3.05, 3.63) is 103 Å². The summed E-state index contributed by atoms with van der Waals surface area (Å²) in [6.45, 7) is 2.06. The summed E-state index contributed by atoms with van der Waals surface area (Å²) >= 11 is 3.73. The molecule has 3 amide bonds. The molecule has 3 aliphatic rings. The molecule has 4 aromatic carbocycles. The minimum Gasteiger partial charge on any atom is -0.494 e. The number of alkyl halides is 1. The van der Waals surface area contributed by atoms with E-state index in [0.717, 1.165) is 16.3 Å². The van der Waals surface area contributed by atoms with Crippen molar-refractivity contribution < 1.29 is 29.0 Å². The van der Waals surface area contributed by atoms with Gasteiger partial charge in [-0.3, -0.25) is 14.4 Å². The largest absolute Gasteiger partial charge is 0.494 e. The van der Waals surface area contributed by atoms with Crippen molar-refractivity contribution in [2.24, 2.45) is 11.8 Å². The highest BCUT2D eigenvalue weighted by atomic mass is 79.9. The average Bonchev–Trinajstić information content (AvgIpc) is 3.68. The molecule has 3 unspecified atom stereocenters. The summed E-state index contributed by atoms with van der Waals surface area (Å²) in [6, 6.07) is 28.3. The molecule has 1 spiro atoms. The van der Waals surface area contributed by atoms with Gasteiger partial charge in [0.15, 0.2) is 0 Å². The Kier molecular flexibility index (Phi) is 8.50. The Balaban J connectivity index is 1.24. The molecule has 7 rings (SSSR count). The molecule has 4 aromatic rings. The summed E-state index contributed by atoms with van der Waals surface area (Å²) in [7, 11) is 0. The Labute approximate surface area is 281 Å². The normalized spacial score (nSPS) is 26.7. The number of hydrogen-bond donors (Lipinski definition) is 3. The Morgan fingerprint density at radius 2 is 1.64 bits per heavy atom. The molecule has 3 saturated heterocycles. The molecule has 9 nitrogen and oxygen atoms in total. The monoisotopic (exact) mass is 697 g/mol. The lowest BCUT2D eigenvalue weighted by Crippen LogP contribution is -2.57. The number of hydrogen-bond acceptors (Lipinski definition) is 6. The van der Waals surface area contributed by atoms with Crippen LogP contribution in [0.15, 0.2) is 97.1 Å². The number of ether oxygens (including phenoxy) is 2. The number of aliphatic hydroxyl groups excluding tert-OH is 1. The SMILES string of the molecule is CCOc1ccc(NC(=O)[C@H]2[C@H]3C(=O)N([C@@H](CO)Cc4ccccc4)C(C(=O)Nc4ccc5ccccc5c4)C34CC(Br)[C@@H]2O4)cc1. The molecular formula is C37H36BrN3O6. The van der Waals surface area contributed by atoms with Gasteiger partial charge in [-0.2, -0.15) is 0 Å². The third kappa shape index (κ3) is 5.58. The van der Waals surface area contributed by atoms with Crippen molar-refractivity contribution in [1.82, 2.24) is 4.90 Å². The lowest BCUT2D eigenvalue weighted by atomic mass is 9.70. The van der Waals surface area contributed by atoms with Crippen LogP contribution in [0, 0.1) is 11.8 Å². The Hall–Kier alpha value is -4.25. The molecule has 7 atom stereocenters. The predicted octanol–water partition coefficient (Wildman–Crippen LogP) is 5.17. The van der Waals surface area contributed by atoms with E-state index in [2.05, 4.69) is 26.6 Å². The van der Waals surface area contributed by atoms with Gasteiger partial charge in [0.05, 0.1) is 37.2 Å². The first-order valence-corrected chi connectivity index (χ1v) is 16.9. The average molecular weight is 699 g/mol. The Morgan fingerprint density at radius 3 is 2.36 bits per heavy atom. The van der Waals surface area contributed by atoms with Crippen LogP contribution in [-0.4, -0.2) is 69.6 Å². The fourth-order valence-corrected chi connectivity index (χ4v) is 8.64. The first-order valence-electron chi connectivity index (χ1n) is 15.9. The summed E-state index contributed by atoms with van der Waals surface area (Å²) in [6.07, 6.45) is 0.0680.